The fraction of sp³-hybridized carbons (Fsp3) is 0.467. The van der Waals surface area contributed by atoms with Crippen LogP contribution in [0.4, 0.5) is 18.3 Å². The van der Waals surface area contributed by atoms with Crippen molar-refractivity contribution in [1.82, 2.24) is 9.97 Å². The Balaban J connectivity index is 1.63. The van der Waals surface area contributed by atoms with Gasteiger partial charge in [-0.05, 0) is 25.0 Å². The lowest BCUT2D eigenvalue weighted by Crippen LogP contribution is -2.37. The van der Waals surface area contributed by atoms with Crippen LogP contribution in [0.5, 0.6) is 5.88 Å². The van der Waals surface area contributed by atoms with Crippen LogP contribution >= 0.6 is 11.3 Å². The summed E-state index contributed by atoms with van der Waals surface area (Å²) in [5.74, 6) is -0.179. The van der Waals surface area contributed by atoms with Crippen molar-refractivity contribution in [2.75, 3.05) is 24.6 Å². The number of hydrogen-bond acceptors (Lipinski definition) is 5. The SMILES string of the molecule is FC(F)(F)c1cccnc1OCC1CCCN(c2nccs2)C1. The predicted molar refractivity (Wildman–Crippen MR) is 81.8 cm³/mol. The summed E-state index contributed by atoms with van der Waals surface area (Å²) < 4.78 is 44.2. The molecule has 23 heavy (non-hydrogen) atoms. The first-order valence-corrected chi connectivity index (χ1v) is 8.21. The van der Waals surface area contributed by atoms with Gasteiger partial charge in [0.15, 0.2) is 5.13 Å². The molecule has 1 aliphatic rings. The lowest BCUT2D eigenvalue weighted by Gasteiger charge is -2.32. The summed E-state index contributed by atoms with van der Waals surface area (Å²) in [6, 6.07) is 2.26. The molecule has 4 nitrogen and oxygen atoms in total. The van der Waals surface area contributed by atoms with Crippen LogP contribution in [-0.4, -0.2) is 29.7 Å². The summed E-state index contributed by atoms with van der Waals surface area (Å²) in [5, 5.41) is 2.86. The van der Waals surface area contributed by atoms with E-state index in [0.29, 0.717) is 0 Å². The Morgan fingerprint density at radius 3 is 2.91 bits per heavy atom. The van der Waals surface area contributed by atoms with Crippen molar-refractivity contribution in [3.8, 4) is 5.88 Å². The number of piperidine rings is 1. The van der Waals surface area contributed by atoms with Crippen LogP contribution in [0.15, 0.2) is 29.9 Å². The normalized spacial score (nSPS) is 18.9. The Hall–Kier alpha value is -1.83. The average Bonchev–Trinajstić information content (AvgIpc) is 3.07. The molecule has 0 spiro atoms. The number of rotatable bonds is 4. The van der Waals surface area contributed by atoms with Crippen molar-refractivity contribution in [1.29, 1.82) is 0 Å². The molecule has 8 heteroatoms. The van der Waals surface area contributed by atoms with E-state index in [1.807, 2.05) is 5.38 Å². The fourth-order valence-electron chi connectivity index (χ4n) is 2.67. The van der Waals surface area contributed by atoms with Gasteiger partial charge >= 0.3 is 6.18 Å². The number of anilines is 1. The van der Waals surface area contributed by atoms with Gasteiger partial charge < -0.3 is 9.64 Å². The summed E-state index contributed by atoms with van der Waals surface area (Å²) in [6.45, 7) is 1.88. The largest absolute Gasteiger partial charge is 0.477 e. The van der Waals surface area contributed by atoms with E-state index in [4.69, 9.17) is 4.74 Å². The van der Waals surface area contributed by atoms with Crippen LogP contribution in [0.25, 0.3) is 0 Å². The van der Waals surface area contributed by atoms with E-state index in [2.05, 4.69) is 14.9 Å². The van der Waals surface area contributed by atoms with E-state index in [-0.39, 0.29) is 18.4 Å². The highest BCUT2D eigenvalue weighted by molar-refractivity contribution is 7.13. The van der Waals surface area contributed by atoms with E-state index < -0.39 is 11.7 Å². The Kier molecular flexibility index (Phi) is 4.70. The molecule has 1 unspecified atom stereocenters. The Labute approximate surface area is 135 Å². The first kappa shape index (κ1) is 16.0. The number of nitrogens with zero attached hydrogens (tertiary/aromatic N) is 3. The molecule has 2 aromatic rings. The zero-order valence-corrected chi connectivity index (χ0v) is 13.1. The minimum absolute atomic E-state index is 0.163. The highest BCUT2D eigenvalue weighted by atomic mass is 32.1. The van der Waals surface area contributed by atoms with Gasteiger partial charge in [-0.15, -0.1) is 11.3 Å². The molecule has 0 radical (unpaired) electrons. The monoisotopic (exact) mass is 343 g/mol. The zero-order valence-electron chi connectivity index (χ0n) is 12.3. The van der Waals surface area contributed by atoms with E-state index in [0.717, 1.165) is 37.1 Å². The quantitative estimate of drug-likeness (QED) is 0.845. The van der Waals surface area contributed by atoms with Gasteiger partial charge in [0, 0.05) is 36.8 Å². The lowest BCUT2D eigenvalue weighted by atomic mass is 9.99. The van der Waals surface area contributed by atoms with Crippen molar-refractivity contribution in [3.05, 3.63) is 35.5 Å². The molecule has 0 bridgehead atoms. The molecule has 1 atom stereocenters. The van der Waals surface area contributed by atoms with Gasteiger partial charge in [-0.2, -0.15) is 13.2 Å². The minimum atomic E-state index is -4.46. The lowest BCUT2D eigenvalue weighted by molar-refractivity contribution is -0.139. The maximum atomic E-state index is 12.9. The Bertz CT molecular complexity index is 633. The van der Waals surface area contributed by atoms with Gasteiger partial charge in [0.1, 0.15) is 5.56 Å². The van der Waals surface area contributed by atoms with Crippen molar-refractivity contribution < 1.29 is 17.9 Å². The van der Waals surface area contributed by atoms with Gasteiger partial charge in [-0.25, -0.2) is 9.97 Å². The van der Waals surface area contributed by atoms with Gasteiger partial charge in [0.25, 0.3) is 0 Å². The maximum Gasteiger partial charge on any atom is 0.421 e. The number of pyridine rings is 1. The number of thiazole rings is 1. The first-order valence-electron chi connectivity index (χ1n) is 7.33. The smallest absolute Gasteiger partial charge is 0.421 e. The molecule has 0 amide bonds. The van der Waals surface area contributed by atoms with Crippen LogP contribution in [-0.2, 0) is 6.18 Å². The molecule has 3 rings (SSSR count). The van der Waals surface area contributed by atoms with E-state index in [1.165, 1.54) is 12.3 Å². The van der Waals surface area contributed by atoms with E-state index >= 15 is 0 Å². The average molecular weight is 343 g/mol. The zero-order chi connectivity index (χ0) is 16.3. The minimum Gasteiger partial charge on any atom is -0.477 e. The highest BCUT2D eigenvalue weighted by Crippen LogP contribution is 2.35. The third-order valence-electron chi connectivity index (χ3n) is 3.74. The predicted octanol–water partition coefficient (Wildman–Crippen LogP) is 3.85. The second-order valence-corrected chi connectivity index (χ2v) is 6.31. The molecule has 1 aliphatic heterocycles. The van der Waals surface area contributed by atoms with Crippen LogP contribution < -0.4 is 9.64 Å². The Morgan fingerprint density at radius 1 is 1.30 bits per heavy atom. The number of halogens is 3. The van der Waals surface area contributed by atoms with Gasteiger partial charge in [-0.3, -0.25) is 0 Å². The van der Waals surface area contributed by atoms with Crippen molar-refractivity contribution in [2.45, 2.75) is 19.0 Å². The fourth-order valence-corrected chi connectivity index (χ4v) is 3.35. The molecular formula is C15H16F3N3OS. The molecule has 124 valence electrons. The van der Waals surface area contributed by atoms with Gasteiger partial charge in [0.05, 0.1) is 6.61 Å². The maximum absolute atomic E-state index is 12.9. The molecule has 1 saturated heterocycles. The second kappa shape index (κ2) is 6.74. The number of ether oxygens (including phenoxy) is 1. The summed E-state index contributed by atoms with van der Waals surface area (Å²) in [4.78, 5) is 10.2. The molecular weight excluding hydrogens is 327 g/mol. The molecule has 2 aromatic heterocycles. The van der Waals surface area contributed by atoms with E-state index in [1.54, 1.807) is 17.5 Å². The molecule has 0 saturated carbocycles. The summed E-state index contributed by atoms with van der Waals surface area (Å²) in [7, 11) is 0. The van der Waals surface area contributed by atoms with Crippen molar-refractivity contribution in [3.63, 3.8) is 0 Å². The van der Waals surface area contributed by atoms with Crippen LogP contribution in [0, 0.1) is 5.92 Å². The van der Waals surface area contributed by atoms with Crippen LogP contribution in [0.1, 0.15) is 18.4 Å². The summed E-state index contributed by atoms with van der Waals surface area (Å²) in [5.41, 5.74) is -0.826. The molecule has 0 N–H and O–H groups in total. The number of hydrogen-bond donors (Lipinski definition) is 0. The van der Waals surface area contributed by atoms with Gasteiger partial charge in [-0.1, -0.05) is 0 Å². The molecule has 0 aromatic carbocycles. The number of aromatic nitrogens is 2. The highest BCUT2D eigenvalue weighted by Gasteiger charge is 2.35. The van der Waals surface area contributed by atoms with Crippen LogP contribution in [0.2, 0.25) is 0 Å². The summed E-state index contributed by atoms with van der Waals surface area (Å²) in [6.07, 6.45) is 0.512. The standard InChI is InChI=1S/C15H16F3N3OS/c16-15(17,18)12-4-1-5-19-13(12)22-10-11-3-2-7-21(9-11)14-20-6-8-23-14/h1,4-6,8,11H,2-3,7,9-10H2. The molecule has 0 aliphatic carbocycles. The van der Waals surface area contributed by atoms with Crippen molar-refractivity contribution in [2.24, 2.45) is 5.92 Å². The van der Waals surface area contributed by atoms with E-state index in [9.17, 15) is 13.2 Å². The molecule has 3 heterocycles. The third kappa shape index (κ3) is 3.93. The molecule has 1 fully saturated rings. The summed E-state index contributed by atoms with van der Waals surface area (Å²) >= 11 is 1.56. The van der Waals surface area contributed by atoms with Crippen LogP contribution in [0.3, 0.4) is 0 Å². The Morgan fingerprint density at radius 2 is 2.17 bits per heavy atom. The third-order valence-corrected chi connectivity index (χ3v) is 4.57. The van der Waals surface area contributed by atoms with Gasteiger partial charge in [0.2, 0.25) is 5.88 Å². The van der Waals surface area contributed by atoms with Crippen molar-refractivity contribution >= 4 is 16.5 Å². The second-order valence-electron chi connectivity index (χ2n) is 5.43. The first-order chi connectivity index (χ1) is 11.0. The number of alkyl halides is 3. The topological polar surface area (TPSA) is 38.2 Å².